The minimum atomic E-state index is 0.208. The molecule has 0 radical (unpaired) electrons. The van der Waals surface area contributed by atoms with E-state index in [0.717, 1.165) is 17.8 Å². The molecule has 2 nitrogen and oxygen atoms in total. The van der Waals surface area contributed by atoms with E-state index in [1.807, 2.05) is 31.2 Å². The molecule has 3 heteroatoms. The first-order chi connectivity index (χ1) is 8.63. The van der Waals surface area contributed by atoms with Crippen molar-refractivity contribution in [2.75, 3.05) is 17.6 Å². The maximum absolute atomic E-state index is 11.5. The van der Waals surface area contributed by atoms with Gasteiger partial charge in [-0.15, -0.1) is 0 Å². The standard InChI is InChI=1S/C15H21NOS/c1-3-14(17)12-5-7-13(8-6-12)16-11-15(2)9-4-10-18-15/h5-8,16H,3-4,9-11H2,1-2H3. The number of nitrogens with one attached hydrogen (secondary N) is 1. The van der Waals surface area contributed by atoms with E-state index in [0.29, 0.717) is 11.2 Å². The lowest BCUT2D eigenvalue weighted by molar-refractivity contribution is 0.0988. The molecule has 1 aliphatic heterocycles. The van der Waals surface area contributed by atoms with Gasteiger partial charge in [0.25, 0.3) is 0 Å². The predicted octanol–water partition coefficient (Wildman–Crippen LogP) is 3.98. The van der Waals surface area contributed by atoms with E-state index in [1.165, 1.54) is 18.6 Å². The molecule has 2 rings (SSSR count). The third kappa shape index (κ3) is 3.29. The van der Waals surface area contributed by atoms with Crippen LogP contribution in [0.25, 0.3) is 0 Å². The van der Waals surface area contributed by atoms with Crippen molar-refractivity contribution in [1.82, 2.24) is 0 Å². The second-order valence-electron chi connectivity index (χ2n) is 5.11. The minimum Gasteiger partial charge on any atom is -0.384 e. The molecule has 18 heavy (non-hydrogen) atoms. The second kappa shape index (κ2) is 5.79. The Morgan fingerprint density at radius 3 is 2.67 bits per heavy atom. The molecule has 0 aromatic heterocycles. The summed E-state index contributed by atoms with van der Waals surface area (Å²) < 4.78 is 0.373. The van der Waals surface area contributed by atoms with Crippen LogP contribution in [-0.4, -0.2) is 22.8 Å². The molecule has 1 aromatic rings. The zero-order valence-electron chi connectivity index (χ0n) is 11.2. The Hall–Kier alpha value is -0.960. The van der Waals surface area contributed by atoms with Crippen LogP contribution in [0.1, 0.15) is 43.5 Å². The molecule has 98 valence electrons. The molecule has 0 amide bonds. The maximum Gasteiger partial charge on any atom is 0.162 e. The number of Topliss-reactive ketones (excluding diaryl/α,β-unsaturated/α-hetero) is 1. The van der Waals surface area contributed by atoms with Crippen molar-refractivity contribution in [2.45, 2.75) is 37.9 Å². The van der Waals surface area contributed by atoms with E-state index < -0.39 is 0 Å². The molecule has 1 aromatic carbocycles. The Morgan fingerprint density at radius 2 is 2.11 bits per heavy atom. The first-order valence-corrected chi connectivity index (χ1v) is 7.63. The van der Waals surface area contributed by atoms with Crippen molar-refractivity contribution in [3.05, 3.63) is 29.8 Å². The average molecular weight is 263 g/mol. The Balaban J connectivity index is 1.92. The summed E-state index contributed by atoms with van der Waals surface area (Å²) in [5, 5.41) is 3.48. The zero-order chi connectivity index (χ0) is 13.0. The lowest BCUT2D eigenvalue weighted by Gasteiger charge is -2.23. The zero-order valence-corrected chi connectivity index (χ0v) is 12.0. The van der Waals surface area contributed by atoms with Crippen LogP contribution in [0.5, 0.6) is 0 Å². The summed E-state index contributed by atoms with van der Waals surface area (Å²) >= 11 is 2.06. The van der Waals surface area contributed by atoms with Crippen molar-refractivity contribution < 1.29 is 4.79 Å². The summed E-state index contributed by atoms with van der Waals surface area (Å²) in [4.78, 5) is 11.5. The highest BCUT2D eigenvalue weighted by molar-refractivity contribution is 8.00. The summed E-state index contributed by atoms with van der Waals surface area (Å²) in [6.45, 7) is 5.22. The topological polar surface area (TPSA) is 29.1 Å². The van der Waals surface area contributed by atoms with Crippen molar-refractivity contribution in [3.8, 4) is 0 Å². The van der Waals surface area contributed by atoms with Crippen LogP contribution in [0, 0.1) is 0 Å². The lowest BCUT2D eigenvalue weighted by Crippen LogP contribution is -2.26. The van der Waals surface area contributed by atoms with E-state index in [4.69, 9.17) is 0 Å². The van der Waals surface area contributed by atoms with Gasteiger partial charge in [0.15, 0.2) is 5.78 Å². The van der Waals surface area contributed by atoms with Gasteiger partial charge in [-0.2, -0.15) is 11.8 Å². The number of benzene rings is 1. The van der Waals surface area contributed by atoms with Gasteiger partial charge in [-0.3, -0.25) is 4.79 Å². The third-order valence-corrected chi connectivity index (χ3v) is 5.03. The smallest absolute Gasteiger partial charge is 0.162 e. The molecule has 1 atom stereocenters. The predicted molar refractivity (Wildman–Crippen MR) is 79.7 cm³/mol. The second-order valence-corrected chi connectivity index (χ2v) is 6.79. The molecular formula is C15H21NOS. The van der Waals surface area contributed by atoms with Crippen LogP contribution in [0.15, 0.2) is 24.3 Å². The van der Waals surface area contributed by atoms with Gasteiger partial charge in [-0.25, -0.2) is 0 Å². The van der Waals surface area contributed by atoms with Crippen molar-refractivity contribution in [1.29, 1.82) is 0 Å². The molecule has 0 aliphatic carbocycles. The van der Waals surface area contributed by atoms with Crippen molar-refractivity contribution in [3.63, 3.8) is 0 Å². The third-order valence-electron chi connectivity index (χ3n) is 3.49. The van der Waals surface area contributed by atoms with Crippen molar-refractivity contribution >= 4 is 23.2 Å². The van der Waals surface area contributed by atoms with Crippen LogP contribution in [0.2, 0.25) is 0 Å². The van der Waals surface area contributed by atoms with Crippen LogP contribution < -0.4 is 5.32 Å². The summed E-state index contributed by atoms with van der Waals surface area (Å²) in [7, 11) is 0. The summed E-state index contributed by atoms with van der Waals surface area (Å²) in [6.07, 6.45) is 3.19. The number of carbonyl (C=O) groups excluding carboxylic acids is 1. The van der Waals surface area contributed by atoms with E-state index in [9.17, 15) is 4.79 Å². The van der Waals surface area contributed by atoms with E-state index in [2.05, 4.69) is 24.0 Å². The molecule has 1 fully saturated rings. The Labute approximate surface area is 114 Å². The quantitative estimate of drug-likeness (QED) is 0.815. The van der Waals surface area contributed by atoms with Gasteiger partial charge in [0.1, 0.15) is 0 Å². The summed E-state index contributed by atoms with van der Waals surface area (Å²) in [5.41, 5.74) is 1.92. The fourth-order valence-corrected chi connectivity index (χ4v) is 3.49. The van der Waals surface area contributed by atoms with Crippen LogP contribution in [0.3, 0.4) is 0 Å². The number of ketones is 1. The lowest BCUT2D eigenvalue weighted by atomic mass is 10.1. The van der Waals surface area contributed by atoms with E-state index >= 15 is 0 Å². The molecule has 1 heterocycles. The fourth-order valence-electron chi connectivity index (χ4n) is 2.24. The van der Waals surface area contributed by atoms with Gasteiger partial charge >= 0.3 is 0 Å². The molecule has 1 unspecified atom stereocenters. The summed E-state index contributed by atoms with van der Waals surface area (Å²) in [6, 6.07) is 7.84. The molecule has 1 saturated heterocycles. The highest BCUT2D eigenvalue weighted by Gasteiger charge is 2.28. The number of hydrogen-bond donors (Lipinski definition) is 1. The van der Waals surface area contributed by atoms with Gasteiger partial charge < -0.3 is 5.32 Å². The van der Waals surface area contributed by atoms with Gasteiger partial charge in [-0.05, 0) is 49.8 Å². The monoisotopic (exact) mass is 263 g/mol. The highest BCUT2D eigenvalue weighted by atomic mass is 32.2. The van der Waals surface area contributed by atoms with E-state index in [-0.39, 0.29) is 5.78 Å². The number of rotatable bonds is 5. The number of anilines is 1. The Morgan fingerprint density at radius 1 is 1.39 bits per heavy atom. The molecule has 0 bridgehead atoms. The average Bonchev–Trinajstić information content (AvgIpc) is 2.83. The van der Waals surface area contributed by atoms with Gasteiger partial charge in [-0.1, -0.05) is 6.92 Å². The molecule has 1 aliphatic rings. The molecule has 1 N–H and O–H groups in total. The SMILES string of the molecule is CCC(=O)c1ccc(NCC2(C)CCCS2)cc1. The fraction of sp³-hybridized carbons (Fsp3) is 0.533. The first kappa shape index (κ1) is 13.5. The number of hydrogen-bond acceptors (Lipinski definition) is 3. The normalized spacial score (nSPS) is 23.0. The maximum atomic E-state index is 11.5. The van der Waals surface area contributed by atoms with E-state index in [1.54, 1.807) is 0 Å². The highest BCUT2D eigenvalue weighted by Crippen LogP contribution is 2.37. The Bertz CT molecular complexity index is 407. The largest absolute Gasteiger partial charge is 0.384 e. The van der Waals surface area contributed by atoms with Crippen LogP contribution >= 0.6 is 11.8 Å². The van der Waals surface area contributed by atoms with Crippen molar-refractivity contribution in [2.24, 2.45) is 0 Å². The van der Waals surface area contributed by atoms with Gasteiger partial charge in [0.2, 0.25) is 0 Å². The minimum absolute atomic E-state index is 0.208. The number of thioether (sulfide) groups is 1. The number of carbonyl (C=O) groups is 1. The molecule has 0 saturated carbocycles. The summed E-state index contributed by atoms with van der Waals surface area (Å²) in [5.74, 6) is 1.49. The Kier molecular flexibility index (Phi) is 4.33. The van der Waals surface area contributed by atoms with Gasteiger partial charge in [0, 0.05) is 29.0 Å². The van der Waals surface area contributed by atoms with Crippen LogP contribution in [-0.2, 0) is 0 Å². The first-order valence-electron chi connectivity index (χ1n) is 6.64. The van der Waals surface area contributed by atoms with Gasteiger partial charge in [0.05, 0.1) is 0 Å². The molecule has 0 spiro atoms. The molecular weight excluding hydrogens is 242 g/mol. The van der Waals surface area contributed by atoms with Crippen LogP contribution in [0.4, 0.5) is 5.69 Å².